The first-order chi connectivity index (χ1) is 12.6. The third kappa shape index (κ3) is 4.01. The highest BCUT2D eigenvalue weighted by Gasteiger charge is 2.39. The van der Waals surface area contributed by atoms with Gasteiger partial charge in [-0.25, -0.2) is 8.42 Å². The van der Waals surface area contributed by atoms with Crippen molar-refractivity contribution in [3.63, 3.8) is 0 Å². The summed E-state index contributed by atoms with van der Waals surface area (Å²) < 4.78 is 40.1. The number of benzene rings is 1. The van der Waals surface area contributed by atoms with Gasteiger partial charge in [0.25, 0.3) is 0 Å². The minimum Gasteiger partial charge on any atom is -0.497 e. The molecule has 2 aliphatic rings. The van der Waals surface area contributed by atoms with E-state index in [-0.39, 0.29) is 17.0 Å². The largest absolute Gasteiger partial charge is 0.497 e. The van der Waals surface area contributed by atoms with E-state index in [1.807, 2.05) is 4.31 Å². The smallest absolute Gasteiger partial charge is 0.247 e. The molecule has 5 nitrogen and oxygen atoms in total. The van der Waals surface area contributed by atoms with Crippen molar-refractivity contribution in [1.29, 1.82) is 0 Å². The summed E-state index contributed by atoms with van der Waals surface area (Å²) in [6.07, 6.45) is 10.7. The Kier molecular flexibility index (Phi) is 6.46. The Balaban J connectivity index is 2.03. The van der Waals surface area contributed by atoms with E-state index in [1.165, 1.54) is 20.0 Å². The van der Waals surface area contributed by atoms with Crippen LogP contribution in [-0.4, -0.2) is 39.0 Å². The normalized spacial score (nSPS) is 20.3. The summed E-state index contributed by atoms with van der Waals surface area (Å²) in [6, 6.07) is 5.24. The zero-order chi connectivity index (χ0) is 18.6. The maximum absolute atomic E-state index is 13.8. The molecule has 146 valence electrons. The van der Waals surface area contributed by atoms with Crippen LogP contribution < -0.4 is 9.47 Å². The molecule has 1 aromatic rings. The van der Waals surface area contributed by atoms with Gasteiger partial charge in [0.1, 0.15) is 16.4 Å². The van der Waals surface area contributed by atoms with Crippen LogP contribution in [-0.2, 0) is 10.0 Å². The molecule has 3 rings (SSSR count). The SMILES string of the molecule is COc1ccc(OC)c(S(=O)(=O)N(C2CCCCC2)C2CCCCC2)c1. The van der Waals surface area contributed by atoms with Crippen LogP contribution in [0.15, 0.2) is 23.1 Å². The molecule has 2 fully saturated rings. The third-order valence-electron chi connectivity index (χ3n) is 5.80. The van der Waals surface area contributed by atoms with Gasteiger partial charge in [0.05, 0.1) is 14.2 Å². The number of ether oxygens (including phenoxy) is 2. The van der Waals surface area contributed by atoms with Crippen LogP contribution in [0.25, 0.3) is 0 Å². The van der Waals surface area contributed by atoms with E-state index in [9.17, 15) is 8.42 Å². The molecule has 0 aliphatic heterocycles. The molecule has 2 saturated carbocycles. The van der Waals surface area contributed by atoms with Gasteiger partial charge >= 0.3 is 0 Å². The van der Waals surface area contributed by atoms with E-state index in [0.29, 0.717) is 11.5 Å². The van der Waals surface area contributed by atoms with Gasteiger partial charge in [-0.1, -0.05) is 38.5 Å². The molecule has 1 aromatic carbocycles. The van der Waals surface area contributed by atoms with E-state index in [4.69, 9.17) is 9.47 Å². The van der Waals surface area contributed by atoms with E-state index in [1.54, 1.807) is 25.3 Å². The zero-order valence-corrected chi connectivity index (χ0v) is 16.8. The summed E-state index contributed by atoms with van der Waals surface area (Å²) in [5.74, 6) is 0.930. The lowest BCUT2D eigenvalue weighted by Crippen LogP contribution is -2.48. The lowest BCUT2D eigenvalue weighted by atomic mass is 9.91. The number of methoxy groups -OCH3 is 2. The molecule has 0 saturated heterocycles. The van der Waals surface area contributed by atoms with Crippen molar-refractivity contribution in [3.05, 3.63) is 18.2 Å². The monoisotopic (exact) mass is 381 g/mol. The van der Waals surface area contributed by atoms with Crippen LogP contribution in [0.3, 0.4) is 0 Å². The number of rotatable bonds is 6. The highest BCUT2D eigenvalue weighted by molar-refractivity contribution is 7.89. The minimum atomic E-state index is -3.65. The van der Waals surface area contributed by atoms with E-state index >= 15 is 0 Å². The number of hydrogen-bond donors (Lipinski definition) is 0. The topological polar surface area (TPSA) is 55.8 Å². The Morgan fingerprint density at radius 3 is 1.85 bits per heavy atom. The maximum Gasteiger partial charge on any atom is 0.247 e. The van der Waals surface area contributed by atoms with Gasteiger partial charge in [-0.05, 0) is 37.8 Å². The zero-order valence-electron chi connectivity index (χ0n) is 15.9. The van der Waals surface area contributed by atoms with Crippen molar-refractivity contribution >= 4 is 10.0 Å². The van der Waals surface area contributed by atoms with Crippen molar-refractivity contribution in [3.8, 4) is 11.5 Å². The summed E-state index contributed by atoms with van der Waals surface area (Å²) in [6.45, 7) is 0. The summed E-state index contributed by atoms with van der Waals surface area (Å²) >= 11 is 0. The van der Waals surface area contributed by atoms with Gasteiger partial charge in [-0.2, -0.15) is 4.31 Å². The van der Waals surface area contributed by atoms with Crippen LogP contribution in [0.5, 0.6) is 11.5 Å². The molecular weight excluding hydrogens is 350 g/mol. The first kappa shape index (κ1) is 19.5. The number of nitrogens with zero attached hydrogens (tertiary/aromatic N) is 1. The van der Waals surface area contributed by atoms with Gasteiger partial charge in [0.2, 0.25) is 10.0 Å². The Morgan fingerprint density at radius 2 is 1.38 bits per heavy atom. The van der Waals surface area contributed by atoms with E-state index in [0.717, 1.165) is 51.4 Å². The van der Waals surface area contributed by atoms with Crippen LogP contribution >= 0.6 is 0 Å². The van der Waals surface area contributed by atoms with Crippen molar-refractivity contribution < 1.29 is 17.9 Å². The molecule has 0 spiro atoms. The second kappa shape index (κ2) is 8.61. The quantitative estimate of drug-likeness (QED) is 0.735. The summed E-state index contributed by atoms with van der Waals surface area (Å²) in [5.41, 5.74) is 0. The molecule has 0 bridgehead atoms. The number of hydrogen-bond acceptors (Lipinski definition) is 4. The van der Waals surface area contributed by atoms with Crippen molar-refractivity contribution in [2.24, 2.45) is 0 Å². The standard InChI is InChI=1S/C20H31NO4S/c1-24-18-13-14-19(25-2)20(15-18)26(22,23)21(16-9-5-3-6-10-16)17-11-7-4-8-12-17/h13-17H,3-12H2,1-2H3. The van der Waals surface area contributed by atoms with Gasteiger partial charge in [0.15, 0.2) is 0 Å². The van der Waals surface area contributed by atoms with Gasteiger partial charge in [-0.15, -0.1) is 0 Å². The fraction of sp³-hybridized carbons (Fsp3) is 0.700. The first-order valence-corrected chi connectivity index (χ1v) is 11.3. The van der Waals surface area contributed by atoms with Gasteiger partial charge < -0.3 is 9.47 Å². The van der Waals surface area contributed by atoms with Gasteiger partial charge in [-0.3, -0.25) is 0 Å². The summed E-state index contributed by atoms with van der Waals surface area (Å²) in [5, 5.41) is 0. The average Bonchev–Trinajstić information content (AvgIpc) is 2.69. The highest BCUT2D eigenvalue weighted by atomic mass is 32.2. The molecule has 6 heteroatoms. The lowest BCUT2D eigenvalue weighted by molar-refractivity contribution is 0.169. The average molecular weight is 382 g/mol. The second-order valence-electron chi connectivity index (χ2n) is 7.44. The Morgan fingerprint density at radius 1 is 0.846 bits per heavy atom. The maximum atomic E-state index is 13.8. The van der Waals surface area contributed by atoms with Crippen LogP contribution in [0.4, 0.5) is 0 Å². The third-order valence-corrected chi connectivity index (χ3v) is 7.82. The molecule has 0 heterocycles. The second-order valence-corrected chi connectivity index (χ2v) is 9.25. The molecule has 0 N–H and O–H groups in total. The molecule has 0 aromatic heterocycles. The molecule has 0 radical (unpaired) electrons. The van der Waals surface area contributed by atoms with Crippen molar-refractivity contribution in [2.45, 2.75) is 81.2 Å². The van der Waals surface area contributed by atoms with Crippen LogP contribution in [0.2, 0.25) is 0 Å². The van der Waals surface area contributed by atoms with Crippen LogP contribution in [0.1, 0.15) is 64.2 Å². The summed E-state index contributed by atoms with van der Waals surface area (Å²) in [7, 11) is -0.573. The molecule has 2 aliphatic carbocycles. The fourth-order valence-corrected chi connectivity index (χ4v) is 6.57. The molecule has 0 unspecified atom stereocenters. The van der Waals surface area contributed by atoms with Gasteiger partial charge in [0, 0.05) is 18.2 Å². The van der Waals surface area contributed by atoms with Crippen molar-refractivity contribution in [1.82, 2.24) is 4.31 Å². The summed E-state index contributed by atoms with van der Waals surface area (Å²) in [4.78, 5) is 0.232. The van der Waals surface area contributed by atoms with Crippen molar-refractivity contribution in [2.75, 3.05) is 14.2 Å². The molecular formula is C20H31NO4S. The minimum absolute atomic E-state index is 0.104. The Hall–Kier alpha value is -1.27. The lowest BCUT2D eigenvalue weighted by Gasteiger charge is -2.40. The molecule has 0 amide bonds. The Labute approximate surface area is 157 Å². The first-order valence-electron chi connectivity index (χ1n) is 9.83. The molecule has 0 atom stereocenters. The van der Waals surface area contributed by atoms with E-state index < -0.39 is 10.0 Å². The molecule has 26 heavy (non-hydrogen) atoms. The number of sulfonamides is 1. The fourth-order valence-electron chi connectivity index (χ4n) is 4.46. The Bertz CT molecular complexity index is 674. The van der Waals surface area contributed by atoms with Crippen LogP contribution in [0, 0.1) is 0 Å². The highest BCUT2D eigenvalue weighted by Crippen LogP contribution is 2.38. The predicted octanol–water partition coefficient (Wildman–Crippen LogP) is 4.36. The predicted molar refractivity (Wildman–Crippen MR) is 102 cm³/mol. The van der Waals surface area contributed by atoms with E-state index in [2.05, 4.69) is 0 Å².